The van der Waals surface area contributed by atoms with Crippen molar-refractivity contribution >= 4 is 17.6 Å². The Hall–Kier alpha value is -3.22. The Morgan fingerprint density at radius 2 is 1.92 bits per heavy atom. The zero-order valence-corrected chi connectivity index (χ0v) is 13.6. The van der Waals surface area contributed by atoms with Crippen molar-refractivity contribution in [1.82, 2.24) is 0 Å². The zero-order chi connectivity index (χ0) is 17.8. The number of carboxylic acids is 1. The van der Waals surface area contributed by atoms with Crippen LogP contribution in [0.25, 0.3) is 0 Å². The van der Waals surface area contributed by atoms with Crippen LogP contribution in [0.3, 0.4) is 0 Å². The Morgan fingerprint density at radius 1 is 1.20 bits per heavy atom. The Morgan fingerprint density at radius 3 is 2.60 bits per heavy atom. The van der Waals surface area contributed by atoms with Gasteiger partial charge in [0.15, 0.2) is 6.61 Å². The van der Waals surface area contributed by atoms with E-state index in [4.69, 9.17) is 19.3 Å². The number of ether oxygens (including phenoxy) is 3. The number of amides is 1. The topological polar surface area (TPSA) is 85.3 Å². The van der Waals surface area contributed by atoms with E-state index in [9.17, 15) is 9.59 Å². The lowest BCUT2D eigenvalue weighted by molar-refractivity contribution is -0.121. The molecule has 0 fully saturated rings. The van der Waals surface area contributed by atoms with E-state index >= 15 is 0 Å². The average Bonchev–Trinajstić information content (AvgIpc) is 2.63. The van der Waals surface area contributed by atoms with Gasteiger partial charge < -0.3 is 24.2 Å². The molecular formula is C18H17NO6. The molecule has 0 aromatic heterocycles. The highest BCUT2D eigenvalue weighted by Gasteiger charge is 2.26. The molecule has 0 unspecified atom stereocenters. The molecule has 0 atom stereocenters. The highest BCUT2D eigenvalue weighted by atomic mass is 16.5. The molecule has 1 aliphatic heterocycles. The van der Waals surface area contributed by atoms with E-state index in [1.54, 1.807) is 37.4 Å². The first-order valence-electron chi connectivity index (χ1n) is 7.66. The van der Waals surface area contributed by atoms with Crippen molar-refractivity contribution in [3.05, 3.63) is 48.0 Å². The lowest BCUT2D eigenvalue weighted by atomic mass is 10.1. The molecule has 1 aliphatic rings. The lowest BCUT2D eigenvalue weighted by Gasteiger charge is -2.29. The van der Waals surface area contributed by atoms with Crippen molar-refractivity contribution < 1.29 is 28.9 Å². The fraction of sp³-hybridized carbons (Fsp3) is 0.222. The number of aromatic carboxylic acids is 1. The van der Waals surface area contributed by atoms with Crippen LogP contribution in [0.4, 0.5) is 5.69 Å². The smallest absolute Gasteiger partial charge is 0.335 e. The van der Waals surface area contributed by atoms with Gasteiger partial charge in [0.1, 0.15) is 23.9 Å². The molecule has 7 heteroatoms. The van der Waals surface area contributed by atoms with Gasteiger partial charge in [-0.25, -0.2) is 4.79 Å². The summed E-state index contributed by atoms with van der Waals surface area (Å²) in [5, 5.41) is 9.04. The third kappa shape index (κ3) is 3.65. The summed E-state index contributed by atoms with van der Waals surface area (Å²) in [6, 6.07) is 11.6. The Labute approximate surface area is 144 Å². The van der Waals surface area contributed by atoms with Gasteiger partial charge in [0.25, 0.3) is 5.91 Å². The van der Waals surface area contributed by atoms with Gasteiger partial charge in [-0.05, 0) is 42.5 Å². The second-order valence-corrected chi connectivity index (χ2v) is 5.35. The predicted octanol–water partition coefficient (Wildman–Crippen LogP) is 2.20. The number of carbonyl (C=O) groups excluding carboxylic acids is 1. The van der Waals surface area contributed by atoms with Crippen LogP contribution in [0.1, 0.15) is 10.4 Å². The molecule has 1 amide bonds. The van der Waals surface area contributed by atoms with Crippen molar-refractivity contribution in [2.75, 3.05) is 31.8 Å². The number of hydrogen-bond donors (Lipinski definition) is 1. The second kappa shape index (κ2) is 7.12. The molecule has 2 aromatic carbocycles. The predicted molar refractivity (Wildman–Crippen MR) is 89.7 cm³/mol. The molecule has 0 spiro atoms. The van der Waals surface area contributed by atoms with Gasteiger partial charge in [-0.1, -0.05) is 0 Å². The number of rotatable bonds is 6. The Kier molecular flexibility index (Phi) is 4.74. The van der Waals surface area contributed by atoms with Crippen LogP contribution < -0.4 is 19.1 Å². The third-order valence-electron chi connectivity index (χ3n) is 3.79. The molecule has 0 saturated heterocycles. The van der Waals surface area contributed by atoms with E-state index in [0.717, 1.165) is 5.75 Å². The third-order valence-corrected chi connectivity index (χ3v) is 3.79. The Balaban J connectivity index is 1.67. The van der Waals surface area contributed by atoms with Crippen LogP contribution in [0.5, 0.6) is 17.2 Å². The number of carboxylic acid groups (broad SMARTS) is 1. The quantitative estimate of drug-likeness (QED) is 0.865. The summed E-state index contributed by atoms with van der Waals surface area (Å²) in [4.78, 5) is 24.7. The molecule has 7 nitrogen and oxygen atoms in total. The highest BCUT2D eigenvalue weighted by molar-refractivity contribution is 5.99. The number of carbonyl (C=O) groups is 2. The lowest BCUT2D eigenvalue weighted by Crippen LogP contribution is -2.41. The minimum atomic E-state index is -1.04. The van der Waals surface area contributed by atoms with Crippen LogP contribution in [0.15, 0.2) is 42.5 Å². The van der Waals surface area contributed by atoms with Gasteiger partial charge in [0.2, 0.25) is 0 Å². The maximum atomic E-state index is 12.1. The van der Waals surface area contributed by atoms with Gasteiger partial charge in [-0.3, -0.25) is 4.79 Å². The van der Waals surface area contributed by atoms with Crippen LogP contribution in [-0.4, -0.2) is 43.9 Å². The molecule has 130 valence electrons. The molecular weight excluding hydrogens is 326 g/mol. The molecule has 1 N–H and O–H groups in total. The fourth-order valence-electron chi connectivity index (χ4n) is 2.51. The van der Waals surface area contributed by atoms with Gasteiger partial charge >= 0.3 is 5.97 Å². The number of methoxy groups -OCH3 is 1. The summed E-state index contributed by atoms with van der Waals surface area (Å²) < 4.78 is 16.1. The van der Waals surface area contributed by atoms with E-state index in [-0.39, 0.29) is 24.7 Å². The van der Waals surface area contributed by atoms with Crippen LogP contribution >= 0.6 is 0 Å². The van der Waals surface area contributed by atoms with Gasteiger partial charge in [-0.15, -0.1) is 0 Å². The van der Waals surface area contributed by atoms with Crippen molar-refractivity contribution in [3.8, 4) is 17.2 Å². The number of benzene rings is 2. The molecule has 0 bridgehead atoms. The summed E-state index contributed by atoms with van der Waals surface area (Å²) in [5.74, 6) is 0.539. The Bertz CT molecular complexity index is 787. The summed E-state index contributed by atoms with van der Waals surface area (Å²) >= 11 is 0. The molecule has 0 radical (unpaired) electrons. The molecule has 1 heterocycles. The van der Waals surface area contributed by atoms with Crippen molar-refractivity contribution in [2.24, 2.45) is 0 Å². The fourth-order valence-corrected chi connectivity index (χ4v) is 2.51. The van der Waals surface area contributed by atoms with E-state index in [2.05, 4.69) is 0 Å². The maximum absolute atomic E-state index is 12.1. The normalized spacial score (nSPS) is 13.0. The monoisotopic (exact) mass is 343 g/mol. The van der Waals surface area contributed by atoms with Gasteiger partial charge in [0, 0.05) is 0 Å². The van der Waals surface area contributed by atoms with Crippen molar-refractivity contribution in [3.63, 3.8) is 0 Å². The number of nitrogens with zero attached hydrogens (tertiary/aromatic N) is 1. The van der Waals surface area contributed by atoms with Crippen molar-refractivity contribution in [1.29, 1.82) is 0 Å². The molecule has 3 rings (SSSR count). The molecule has 0 saturated carbocycles. The zero-order valence-electron chi connectivity index (χ0n) is 13.6. The first kappa shape index (κ1) is 16.6. The number of fused-ring (bicyclic) bond motifs is 1. The van der Waals surface area contributed by atoms with Gasteiger partial charge in [0.05, 0.1) is 24.9 Å². The van der Waals surface area contributed by atoms with E-state index < -0.39 is 5.97 Å². The highest BCUT2D eigenvalue weighted by Crippen LogP contribution is 2.32. The largest absolute Gasteiger partial charge is 0.497 e. The summed E-state index contributed by atoms with van der Waals surface area (Å²) in [5.41, 5.74) is 0.655. The van der Waals surface area contributed by atoms with Gasteiger partial charge in [-0.2, -0.15) is 0 Å². The maximum Gasteiger partial charge on any atom is 0.335 e. The SMILES string of the molecule is COc1ccc(OCCN2C(=O)COc3cc(C(=O)O)ccc32)cc1. The van der Waals surface area contributed by atoms with E-state index in [1.807, 2.05) is 0 Å². The standard InChI is InChI=1S/C18H17NO6/c1-23-13-3-5-14(6-4-13)24-9-8-19-15-7-2-12(18(21)22)10-16(15)25-11-17(19)20/h2-7,10H,8-9,11H2,1H3,(H,21,22). The summed E-state index contributed by atoms with van der Waals surface area (Å²) in [6.45, 7) is 0.491. The number of anilines is 1. The minimum Gasteiger partial charge on any atom is -0.497 e. The van der Waals surface area contributed by atoms with E-state index in [0.29, 0.717) is 23.7 Å². The van der Waals surface area contributed by atoms with E-state index in [1.165, 1.54) is 17.0 Å². The molecule has 25 heavy (non-hydrogen) atoms. The minimum absolute atomic E-state index is 0.113. The number of hydrogen-bond acceptors (Lipinski definition) is 5. The first-order chi connectivity index (χ1) is 12.1. The second-order valence-electron chi connectivity index (χ2n) is 5.35. The van der Waals surface area contributed by atoms with Crippen LogP contribution in [0.2, 0.25) is 0 Å². The average molecular weight is 343 g/mol. The summed E-state index contributed by atoms with van der Waals surface area (Å²) in [7, 11) is 1.59. The van der Waals surface area contributed by atoms with Crippen molar-refractivity contribution in [2.45, 2.75) is 0 Å². The first-order valence-corrected chi connectivity index (χ1v) is 7.66. The van der Waals surface area contributed by atoms with Crippen LogP contribution in [0, 0.1) is 0 Å². The summed E-state index contributed by atoms with van der Waals surface area (Å²) in [6.07, 6.45) is 0. The molecule has 0 aliphatic carbocycles. The molecule has 2 aromatic rings. The van der Waals surface area contributed by atoms with Crippen LogP contribution in [-0.2, 0) is 4.79 Å².